The second-order valence-corrected chi connectivity index (χ2v) is 11.8. The number of carbonyl (C=O) groups excluding carboxylic acids is 1. The van der Waals surface area contributed by atoms with E-state index < -0.39 is 0 Å². The van der Waals surface area contributed by atoms with Crippen LogP contribution in [0.5, 0.6) is 0 Å². The molecule has 4 unspecified atom stereocenters. The fourth-order valence-corrected chi connectivity index (χ4v) is 8.96. The summed E-state index contributed by atoms with van der Waals surface area (Å²) >= 11 is 0. The minimum atomic E-state index is -0.0886. The highest BCUT2D eigenvalue weighted by Gasteiger charge is 2.62. The standard InChI is InChI=1S/C29H34N2O/c32-27(31-19-25-12-26(31)18-30(25)17-21-7-3-1-4-8-21)29-15-22-11-23(16-29)14-28(13-22,20-29)24-9-5-2-6-10-24/h1-10,22-23,25-26H,11-20H2. The summed E-state index contributed by atoms with van der Waals surface area (Å²) in [5, 5.41) is 0. The molecule has 6 aliphatic rings. The molecule has 8 rings (SSSR count). The quantitative estimate of drug-likeness (QED) is 0.686. The molecular formula is C29H34N2O. The minimum Gasteiger partial charge on any atom is -0.336 e. The van der Waals surface area contributed by atoms with E-state index in [2.05, 4.69) is 70.5 Å². The number of carbonyl (C=O) groups is 1. The fraction of sp³-hybridized carbons (Fsp3) is 0.552. The molecule has 0 aromatic heterocycles. The Labute approximate surface area is 191 Å². The first-order valence-electron chi connectivity index (χ1n) is 12.8. The molecule has 6 bridgehead atoms. The predicted molar refractivity (Wildman–Crippen MR) is 126 cm³/mol. The van der Waals surface area contributed by atoms with Crippen molar-refractivity contribution in [1.29, 1.82) is 0 Å². The number of hydrogen-bond donors (Lipinski definition) is 0. The van der Waals surface area contributed by atoms with Gasteiger partial charge in [0.05, 0.1) is 5.41 Å². The van der Waals surface area contributed by atoms with Crippen LogP contribution in [-0.2, 0) is 16.8 Å². The smallest absolute Gasteiger partial charge is 0.229 e. The van der Waals surface area contributed by atoms with Crippen molar-refractivity contribution in [3.63, 3.8) is 0 Å². The fourth-order valence-electron chi connectivity index (χ4n) is 8.96. The van der Waals surface area contributed by atoms with Crippen LogP contribution in [0, 0.1) is 17.3 Å². The van der Waals surface area contributed by atoms with Gasteiger partial charge in [-0.05, 0) is 73.3 Å². The number of benzene rings is 2. The third-order valence-electron chi connectivity index (χ3n) is 9.74. The summed E-state index contributed by atoms with van der Waals surface area (Å²) in [6.45, 7) is 3.03. The topological polar surface area (TPSA) is 23.6 Å². The zero-order valence-electron chi connectivity index (χ0n) is 19.0. The van der Waals surface area contributed by atoms with Crippen LogP contribution in [0.4, 0.5) is 0 Å². The molecule has 6 fully saturated rings. The first kappa shape index (κ1) is 19.3. The largest absolute Gasteiger partial charge is 0.336 e. The van der Waals surface area contributed by atoms with Gasteiger partial charge in [-0.2, -0.15) is 0 Å². The van der Waals surface area contributed by atoms with Crippen molar-refractivity contribution in [2.75, 3.05) is 13.1 Å². The van der Waals surface area contributed by atoms with Crippen molar-refractivity contribution >= 4 is 5.91 Å². The molecular weight excluding hydrogens is 392 g/mol. The predicted octanol–water partition coefficient (Wildman–Crippen LogP) is 5.01. The van der Waals surface area contributed by atoms with Crippen molar-refractivity contribution in [3.05, 3.63) is 71.8 Å². The highest BCUT2D eigenvalue weighted by atomic mass is 16.2. The molecule has 32 heavy (non-hydrogen) atoms. The number of hydrogen-bond acceptors (Lipinski definition) is 2. The summed E-state index contributed by atoms with van der Waals surface area (Å²) < 4.78 is 0. The molecule has 0 radical (unpaired) electrons. The molecule has 4 aliphatic carbocycles. The molecule has 4 atom stereocenters. The summed E-state index contributed by atoms with van der Waals surface area (Å²) in [7, 11) is 0. The van der Waals surface area contributed by atoms with Gasteiger partial charge in [-0.3, -0.25) is 9.69 Å². The van der Waals surface area contributed by atoms with Crippen LogP contribution in [0.15, 0.2) is 60.7 Å². The first-order chi connectivity index (χ1) is 15.6. The first-order valence-corrected chi connectivity index (χ1v) is 12.8. The third kappa shape index (κ3) is 2.86. The van der Waals surface area contributed by atoms with Crippen LogP contribution in [0.1, 0.15) is 56.1 Å². The Balaban J connectivity index is 1.12. The van der Waals surface area contributed by atoms with Gasteiger partial charge in [-0.1, -0.05) is 60.7 Å². The molecule has 3 heteroatoms. The van der Waals surface area contributed by atoms with Gasteiger partial charge in [0.1, 0.15) is 0 Å². The van der Waals surface area contributed by atoms with Gasteiger partial charge in [0, 0.05) is 31.7 Å². The van der Waals surface area contributed by atoms with E-state index in [9.17, 15) is 4.79 Å². The second-order valence-electron chi connectivity index (χ2n) is 11.8. The molecule has 2 heterocycles. The van der Waals surface area contributed by atoms with Gasteiger partial charge < -0.3 is 4.90 Å². The monoisotopic (exact) mass is 426 g/mol. The Morgan fingerprint density at radius 3 is 2.16 bits per heavy atom. The van der Waals surface area contributed by atoms with Gasteiger partial charge in [0.2, 0.25) is 5.91 Å². The van der Waals surface area contributed by atoms with Gasteiger partial charge >= 0.3 is 0 Å². The summed E-state index contributed by atoms with van der Waals surface area (Å²) in [5.74, 6) is 2.02. The maximum Gasteiger partial charge on any atom is 0.229 e. The van der Waals surface area contributed by atoms with Crippen LogP contribution in [-0.4, -0.2) is 40.9 Å². The van der Waals surface area contributed by atoms with E-state index >= 15 is 0 Å². The summed E-state index contributed by atoms with van der Waals surface area (Å²) in [6, 6.07) is 23.0. The lowest BCUT2D eigenvalue weighted by Crippen LogP contribution is -2.61. The molecule has 0 spiro atoms. The number of nitrogens with zero attached hydrogens (tertiary/aromatic N) is 2. The van der Waals surface area contributed by atoms with Crippen LogP contribution in [0.2, 0.25) is 0 Å². The highest BCUT2D eigenvalue weighted by molar-refractivity contribution is 5.84. The Kier molecular flexibility index (Phi) is 4.19. The second kappa shape index (κ2) is 6.93. The van der Waals surface area contributed by atoms with Crippen molar-refractivity contribution in [1.82, 2.24) is 9.80 Å². The SMILES string of the molecule is O=C(N1CC2CC1CN2Cc1ccccc1)C12CC3CC(C1)CC(c1ccccc1)(C3)C2. The number of piperazine rings is 1. The number of rotatable bonds is 4. The average Bonchev–Trinajstić information content (AvgIpc) is 3.40. The molecule has 166 valence electrons. The van der Waals surface area contributed by atoms with E-state index in [1.807, 2.05) is 0 Å². The Morgan fingerprint density at radius 1 is 0.812 bits per heavy atom. The van der Waals surface area contributed by atoms with Gasteiger partial charge in [0.15, 0.2) is 0 Å². The normalized spacial score (nSPS) is 39.7. The Bertz CT molecular complexity index is 1000. The van der Waals surface area contributed by atoms with Gasteiger partial charge in [-0.25, -0.2) is 0 Å². The van der Waals surface area contributed by atoms with E-state index in [-0.39, 0.29) is 10.8 Å². The number of likely N-dealkylation sites (tertiary alicyclic amines) is 2. The van der Waals surface area contributed by atoms with Crippen LogP contribution in [0.25, 0.3) is 0 Å². The van der Waals surface area contributed by atoms with Gasteiger partial charge in [-0.15, -0.1) is 0 Å². The maximum absolute atomic E-state index is 14.2. The molecule has 2 aromatic carbocycles. The number of amides is 1. The van der Waals surface area contributed by atoms with Crippen LogP contribution >= 0.6 is 0 Å². The van der Waals surface area contributed by atoms with Crippen molar-refractivity contribution in [2.45, 2.75) is 69.0 Å². The molecule has 2 aromatic rings. The third-order valence-corrected chi connectivity index (χ3v) is 9.74. The summed E-state index contributed by atoms with van der Waals surface area (Å²) in [6.07, 6.45) is 8.54. The lowest BCUT2D eigenvalue weighted by molar-refractivity contribution is -0.162. The molecule has 4 saturated carbocycles. The van der Waals surface area contributed by atoms with Gasteiger partial charge in [0.25, 0.3) is 0 Å². The van der Waals surface area contributed by atoms with Crippen molar-refractivity contribution in [3.8, 4) is 0 Å². The molecule has 3 nitrogen and oxygen atoms in total. The Morgan fingerprint density at radius 2 is 1.50 bits per heavy atom. The zero-order valence-corrected chi connectivity index (χ0v) is 19.0. The lowest BCUT2D eigenvalue weighted by Gasteiger charge is -2.62. The van der Waals surface area contributed by atoms with Crippen molar-refractivity contribution < 1.29 is 4.79 Å². The molecule has 1 amide bonds. The molecule has 2 aliphatic heterocycles. The van der Waals surface area contributed by atoms with Crippen molar-refractivity contribution in [2.24, 2.45) is 17.3 Å². The minimum absolute atomic E-state index is 0.0886. The summed E-state index contributed by atoms with van der Waals surface area (Å²) in [5.41, 5.74) is 3.06. The van der Waals surface area contributed by atoms with Crippen LogP contribution < -0.4 is 0 Å². The Hall–Kier alpha value is -2.13. The maximum atomic E-state index is 14.2. The van der Waals surface area contributed by atoms with Crippen LogP contribution in [0.3, 0.4) is 0 Å². The molecule has 2 saturated heterocycles. The molecule has 0 N–H and O–H groups in total. The van der Waals surface area contributed by atoms with E-state index in [1.54, 1.807) is 0 Å². The van der Waals surface area contributed by atoms with E-state index in [0.717, 1.165) is 50.7 Å². The summed E-state index contributed by atoms with van der Waals surface area (Å²) in [4.78, 5) is 19.2. The van der Waals surface area contributed by atoms with E-state index in [0.29, 0.717) is 18.0 Å². The number of fused-ring (bicyclic) bond motifs is 2. The zero-order chi connectivity index (χ0) is 21.3. The lowest BCUT2D eigenvalue weighted by atomic mass is 9.42. The average molecular weight is 427 g/mol. The highest BCUT2D eigenvalue weighted by Crippen LogP contribution is 2.66. The van der Waals surface area contributed by atoms with E-state index in [1.165, 1.54) is 36.8 Å². The van der Waals surface area contributed by atoms with E-state index in [4.69, 9.17) is 0 Å².